The average Bonchev–Trinajstić information content (AvgIpc) is 3.00. The minimum absolute atomic E-state index is 0.170. The molecule has 0 aromatic heterocycles. The van der Waals surface area contributed by atoms with Crippen LogP contribution in [-0.4, -0.2) is 29.6 Å². The molecule has 0 saturated carbocycles. The molecule has 1 fully saturated rings. The number of carbonyl (C=O) groups is 1. The summed E-state index contributed by atoms with van der Waals surface area (Å²) in [6.07, 6.45) is 1.71. The molecule has 0 aliphatic carbocycles. The summed E-state index contributed by atoms with van der Waals surface area (Å²) >= 11 is 8.71. The monoisotopic (exact) mass is 471 g/mol. The number of nitriles is 1. The van der Waals surface area contributed by atoms with Gasteiger partial charge in [-0.2, -0.15) is 5.26 Å². The molecule has 1 aliphatic heterocycles. The minimum atomic E-state index is -0.170. The number of nitrogens with one attached hydrogen (secondary N) is 1. The molecule has 2 aromatic carbocycles. The van der Waals surface area contributed by atoms with Crippen molar-refractivity contribution in [1.29, 1.82) is 5.26 Å². The number of thiocarbonyl (C=S) groups is 1. The number of hydrogen-bond donors (Lipinski definition) is 1. The highest BCUT2D eigenvalue weighted by Crippen LogP contribution is 2.35. The van der Waals surface area contributed by atoms with Crippen LogP contribution in [0.3, 0.4) is 0 Å². The SMILES string of the molecule is CCN1C(=O)C(=Cc2cc(OC)c(OCc3ccccc3C#N)cc2Br)NC1=S. The Kier molecular flexibility index (Phi) is 6.52. The largest absolute Gasteiger partial charge is 0.493 e. The lowest BCUT2D eigenvalue weighted by molar-refractivity contribution is -0.122. The molecule has 29 heavy (non-hydrogen) atoms. The maximum atomic E-state index is 12.4. The highest BCUT2D eigenvalue weighted by atomic mass is 79.9. The van der Waals surface area contributed by atoms with Gasteiger partial charge in [0.15, 0.2) is 16.6 Å². The van der Waals surface area contributed by atoms with Gasteiger partial charge < -0.3 is 14.8 Å². The maximum Gasteiger partial charge on any atom is 0.276 e. The van der Waals surface area contributed by atoms with Crippen molar-refractivity contribution >= 4 is 45.2 Å². The van der Waals surface area contributed by atoms with E-state index in [1.165, 1.54) is 4.90 Å². The number of likely N-dealkylation sites (N-methyl/N-ethyl adjacent to an activating group) is 1. The fourth-order valence-corrected chi connectivity index (χ4v) is 3.62. The molecule has 0 spiro atoms. The van der Waals surface area contributed by atoms with Gasteiger partial charge in [-0.1, -0.05) is 34.1 Å². The first-order valence-electron chi connectivity index (χ1n) is 8.81. The molecule has 0 bridgehead atoms. The lowest BCUT2D eigenvalue weighted by atomic mass is 10.1. The Hall–Kier alpha value is -2.89. The summed E-state index contributed by atoms with van der Waals surface area (Å²) in [6, 6.07) is 13.0. The van der Waals surface area contributed by atoms with Gasteiger partial charge in [-0.15, -0.1) is 0 Å². The van der Waals surface area contributed by atoms with Crippen molar-refractivity contribution in [2.24, 2.45) is 0 Å². The standard InChI is InChI=1S/C21H18BrN3O3S/c1-3-25-20(26)17(24-21(25)29)8-15-9-18(27-2)19(10-16(15)22)28-12-14-7-5-4-6-13(14)11-23/h4-10H,3,12H2,1-2H3,(H,24,29). The molecular formula is C21H18BrN3O3S. The highest BCUT2D eigenvalue weighted by Gasteiger charge is 2.29. The molecule has 6 nitrogen and oxygen atoms in total. The number of benzene rings is 2. The van der Waals surface area contributed by atoms with E-state index in [2.05, 4.69) is 27.3 Å². The Morgan fingerprint density at radius 3 is 2.72 bits per heavy atom. The zero-order chi connectivity index (χ0) is 21.0. The summed E-state index contributed by atoms with van der Waals surface area (Å²) in [5, 5.41) is 12.5. The Morgan fingerprint density at radius 1 is 1.31 bits per heavy atom. The third kappa shape index (κ3) is 4.42. The number of ether oxygens (including phenoxy) is 2. The highest BCUT2D eigenvalue weighted by molar-refractivity contribution is 9.10. The fourth-order valence-electron chi connectivity index (χ4n) is 2.86. The van der Waals surface area contributed by atoms with Crippen molar-refractivity contribution in [2.75, 3.05) is 13.7 Å². The average molecular weight is 472 g/mol. The van der Waals surface area contributed by atoms with E-state index < -0.39 is 0 Å². The molecule has 0 unspecified atom stereocenters. The van der Waals surface area contributed by atoms with E-state index in [-0.39, 0.29) is 12.5 Å². The second-order valence-corrected chi connectivity index (χ2v) is 7.36. The van der Waals surface area contributed by atoms with Crippen molar-refractivity contribution < 1.29 is 14.3 Å². The number of nitrogens with zero attached hydrogens (tertiary/aromatic N) is 2. The normalized spacial score (nSPS) is 14.7. The van der Waals surface area contributed by atoms with Crippen LogP contribution >= 0.6 is 28.1 Å². The van der Waals surface area contributed by atoms with Gasteiger partial charge in [0, 0.05) is 16.6 Å². The van der Waals surface area contributed by atoms with Crippen LogP contribution in [0.15, 0.2) is 46.6 Å². The van der Waals surface area contributed by atoms with E-state index in [0.29, 0.717) is 34.4 Å². The van der Waals surface area contributed by atoms with E-state index in [1.54, 1.807) is 31.4 Å². The predicted molar refractivity (Wildman–Crippen MR) is 117 cm³/mol. The number of carbonyl (C=O) groups excluding carboxylic acids is 1. The van der Waals surface area contributed by atoms with Gasteiger partial charge >= 0.3 is 0 Å². The van der Waals surface area contributed by atoms with Crippen LogP contribution in [0.5, 0.6) is 11.5 Å². The summed E-state index contributed by atoms with van der Waals surface area (Å²) in [4.78, 5) is 13.9. The predicted octanol–water partition coefficient (Wildman–Crippen LogP) is 3.99. The van der Waals surface area contributed by atoms with Gasteiger partial charge in [0.1, 0.15) is 12.3 Å². The van der Waals surface area contributed by atoms with E-state index in [9.17, 15) is 10.1 Å². The van der Waals surface area contributed by atoms with Gasteiger partial charge in [-0.3, -0.25) is 9.69 Å². The summed E-state index contributed by atoms with van der Waals surface area (Å²) in [6.45, 7) is 2.60. The van der Waals surface area contributed by atoms with Crippen LogP contribution in [0.25, 0.3) is 6.08 Å². The zero-order valence-electron chi connectivity index (χ0n) is 15.9. The van der Waals surface area contributed by atoms with Crippen molar-refractivity contribution in [2.45, 2.75) is 13.5 Å². The first-order chi connectivity index (χ1) is 14.0. The summed E-state index contributed by atoms with van der Waals surface area (Å²) in [7, 11) is 1.54. The Morgan fingerprint density at radius 2 is 2.07 bits per heavy atom. The summed E-state index contributed by atoms with van der Waals surface area (Å²) < 4.78 is 12.1. The molecule has 148 valence electrons. The number of hydrogen-bond acceptors (Lipinski definition) is 5. The fraction of sp³-hybridized carbons (Fsp3) is 0.190. The van der Waals surface area contributed by atoms with E-state index in [1.807, 2.05) is 25.1 Å². The smallest absolute Gasteiger partial charge is 0.276 e. The third-order valence-electron chi connectivity index (χ3n) is 4.38. The molecule has 8 heteroatoms. The quantitative estimate of drug-likeness (QED) is 0.507. The molecular weight excluding hydrogens is 454 g/mol. The number of rotatable bonds is 6. The Labute approximate surface area is 182 Å². The van der Waals surface area contributed by atoms with E-state index in [4.69, 9.17) is 21.7 Å². The van der Waals surface area contributed by atoms with E-state index in [0.717, 1.165) is 15.6 Å². The first-order valence-corrected chi connectivity index (χ1v) is 10.0. The second kappa shape index (κ2) is 9.07. The number of methoxy groups -OCH3 is 1. The molecule has 1 aliphatic rings. The lowest BCUT2D eigenvalue weighted by Crippen LogP contribution is -2.30. The molecule has 3 rings (SSSR count). The minimum Gasteiger partial charge on any atom is -0.493 e. The Balaban J connectivity index is 1.87. The molecule has 2 aromatic rings. The molecule has 0 radical (unpaired) electrons. The van der Waals surface area contributed by atoms with Crippen molar-refractivity contribution in [3.05, 3.63) is 63.3 Å². The van der Waals surface area contributed by atoms with Gasteiger partial charge in [-0.25, -0.2) is 0 Å². The number of amides is 1. The van der Waals surface area contributed by atoms with Crippen molar-refractivity contribution in [3.8, 4) is 17.6 Å². The van der Waals surface area contributed by atoms with Crippen LogP contribution in [0.2, 0.25) is 0 Å². The maximum absolute atomic E-state index is 12.4. The first kappa shape index (κ1) is 20.8. The van der Waals surface area contributed by atoms with Crippen LogP contribution in [-0.2, 0) is 11.4 Å². The van der Waals surface area contributed by atoms with Crippen molar-refractivity contribution in [3.63, 3.8) is 0 Å². The molecule has 1 amide bonds. The molecule has 1 heterocycles. The summed E-state index contributed by atoms with van der Waals surface area (Å²) in [5.74, 6) is 0.859. The van der Waals surface area contributed by atoms with Gasteiger partial charge in [0.05, 0.1) is 18.7 Å². The van der Waals surface area contributed by atoms with Crippen LogP contribution < -0.4 is 14.8 Å². The van der Waals surface area contributed by atoms with Crippen LogP contribution in [0.4, 0.5) is 0 Å². The van der Waals surface area contributed by atoms with Crippen LogP contribution in [0.1, 0.15) is 23.6 Å². The third-order valence-corrected chi connectivity index (χ3v) is 5.39. The topological polar surface area (TPSA) is 74.6 Å². The van der Waals surface area contributed by atoms with Crippen LogP contribution in [0, 0.1) is 11.3 Å². The van der Waals surface area contributed by atoms with Gasteiger partial charge in [0.25, 0.3) is 5.91 Å². The Bertz CT molecular complexity index is 1050. The van der Waals surface area contributed by atoms with Crippen molar-refractivity contribution in [1.82, 2.24) is 10.2 Å². The molecule has 1 saturated heterocycles. The van der Waals surface area contributed by atoms with Gasteiger partial charge in [-0.05, 0) is 49.0 Å². The second-order valence-electron chi connectivity index (χ2n) is 6.12. The van der Waals surface area contributed by atoms with E-state index >= 15 is 0 Å². The van der Waals surface area contributed by atoms with Gasteiger partial charge in [0.2, 0.25) is 0 Å². The number of halogens is 1. The molecule has 0 atom stereocenters. The zero-order valence-corrected chi connectivity index (χ0v) is 18.3. The summed E-state index contributed by atoms with van der Waals surface area (Å²) in [5.41, 5.74) is 2.49. The molecule has 1 N–H and O–H groups in total. The lowest BCUT2D eigenvalue weighted by Gasteiger charge is -2.13.